The highest BCUT2D eigenvalue weighted by Gasteiger charge is 2.40. The second-order valence-corrected chi connectivity index (χ2v) is 7.16. The lowest BCUT2D eigenvalue weighted by atomic mass is 9.85. The summed E-state index contributed by atoms with van der Waals surface area (Å²) >= 11 is 0. The fraction of sp³-hybridized carbons (Fsp3) is 0.812. The molecule has 0 spiro atoms. The molecule has 25 heavy (non-hydrogen) atoms. The summed E-state index contributed by atoms with van der Waals surface area (Å²) in [6, 6.07) is -1.08. The van der Waals surface area contributed by atoms with Crippen LogP contribution in [0.2, 0.25) is 0 Å². The maximum absolute atomic E-state index is 13.4. The third-order valence-corrected chi connectivity index (χ3v) is 5.61. The fourth-order valence-corrected chi connectivity index (χ4v) is 4.23. The van der Waals surface area contributed by atoms with Gasteiger partial charge in [-0.2, -0.15) is 10.1 Å². The number of fused-ring (bicyclic) bond motifs is 1. The molecule has 3 aliphatic rings. The third-order valence-electron chi connectivity index (χ3n) is 5.61. The molecular weight excluding hydrogens is 332 g/mol. The topological polar surface area (TPSA) is 72.3 Å². The molecule has 2 fully saturated rings. The summed E-state index contributed by atoms with van der Waals surface area (Å²) in [7, 11) is 0. The number of nitrogens with zero attached hydrogens (tertiary/aromatic N) is 4. The number of hydrogen-bond donors (Lipinski definition) is 1. The maximum Gasteiger partial charge on any atom is 0.260 e. The highest BCUT2D eigenvalue weighted by Crippen LogP contribution is 2.35. The van der Waals surface area contributed by atoms with E-state index in [0.717, 1.165) is 25.8 Å². The average molecular weight is 355 g/mol. The van der Waals surface area contributed by atoms with E-state index in [1.54, 1.807) is 0 Å². The minimum Gasteiger partial charge on any atom is -0.381 e. The highest BCUT2D eigenvalue weighted by atomic mass is 19.3. The van der Waals surface area contributed by atoms with Gasteiger partial charge in [0.15, 0.2) is 0 Å². The van der Waals surface area contributed by atoms with Crippen LogP contribution in [0.25, 0.3) is 0 Å². The lowest BCUT2D eigenvalue weighted by molar-refractivity contribution is -0.137. The molecular formula is C16H23F2N5O2. The molecule has 1 aromatic heterocycles. The van der Waals surface area contributed by atoms with Gasteiger partial charge in [0.2, 0.25) is 11.9 Å². The molecule has 0 aliphatic carbocycles. The average Bonchev–Trinajstić information content (AvgIpc) is 3.31. The van der Waals surface area contributed by atoms with Crippen molar-refractivity contribution in [1.82, 2.24) is 19.7 Å². The molecule has 9 heteroatoms. The third kappa shape index (κ3) is 3.21. The molecule has 0 saturated carbocycles. The summed E-state index contributed by atoms with van der Waals surface area (Å²) in [5.41, 5.74) is 0. The van der Waals surface area contributed by atoms with Gasteiger partial charge in [-0.15, -0.1) is 0 Å². The number of carbonyl (C=O) groups is 1. The zero-order valence-electron chi connectivity index (χ0n) is 14.0. The molecule has 0 bridgehead atoms. The van der Waals surface area contributed by atoms with Gasteiger partial charge in [0, 0.05) is 25.7 Å². The van der Waals surface area contributed by atoms with Gasteiger partial charge in [-0.25, -0.2) is 13.5 Å². The molecule has 4 heterocycles. The van der Waals surface area contributed by atoms with Crippen LogP contribution < -0.4 is 5.32 Å². The summed E-state index contributed by atoms with van der Waals surface area (Å²) in [5, 5.41) is 7.17. The smallest absolute Gasteiger partial charge is 0.260 e. The van der Waals surface area contributed by atoms with Gasteiger partial charge in [0.1, 0.15) is 12.4 Å². The van der Waals surface area contributed by atoms with Gasteiger partial charge in [-0.1, -0.05) is 0 Å². The Kier molecular flexibility index (Phi) is 4.58. The van der Waals surface area contributed by atoms with E-state index in [1.807, 2.05) is 4.90 Å². The zero-order valence-corrected chi connectivity index (χ0v) is 14.0. The van der Waals surface area contributed by atoms with Gasteiger partial charge < -0.3 is 15.0 Å². The van der Waals surface area contributed by atoms with Gasteiger partial charge in [0.25, 0.3) is 6.43 Å². The van der Waals surface area contributed by atoms with E-state index in [2.05, 4.69) is 15.4 Å². The first-order valence-electron chi connectivity index (χ1n) is 8.94. The van der Waals surface area contributed by atoms with Gasteiger partial charge in [0.05, 0.1) is 12.5 Å². The lowest BCUT2D eigenvalue weighted by Gasteiger charge is -2.41. The van der Waals surface area contributed by atoms with Crippen LogP contribution in [0, 0.1) is 11.8 Å². The SMILES string of the molecule is O=C([C@@H]1CCOC1)N1CCC[C@@H]([C@@H]2C[C@H](C(F)F)n3ncnc3N2)C1. The normalized spacial score (nSPS) is 32.5. The van der Waals surface area contributed by atoms with Crippen molar-refractivity contribution >= 4 is 11.9 Å². The summed E-state index contributed by atoms with van der Waals surface area (Å²) in [6.45, 7) is 2.49. The number of alkyl halides is 2. The van der Waals surface area contributed by atoms with Gasteiger partial charge in [-0.05, 0) is 31.6 Å². The van der Waals surface area contributed by atoms with Gasteiger partial charge in [-0.3, -0.25) is 4.79 Å². The molecule has 0 unspecified atom stereocenters. The first-order chi connectivity index (χ1) is 12.1. The van der Waals surface area contributed by atoms with Gasteiger partial charge >= 0.3 is 0 Å². The Morgan fingerprint density at radius 3 is 3.04 bits per heavy atom. The number of anilines is 1. The molecule has 2 saturated heterocycles. The number of likely N-dealkylation sites (tertiary alicyclic amines) is 1. The molecule has 3 aliphatic heterocycles. The number of piperidine rings is 1. The van der Waals surface area contributed by atoms with Crippen molar-refractivity contribution in [2.75, 3.05) is 31.6 Å². The largest absolute Gasteiger partial charge is 0.381 e. The zero-order chi connectivity index (χ0) is 17.4. The predicted octanol–water partition coefficient (Wildman–Crippen LogP) is 1.54. The molecule has 1 aromatic rings. The predicted molar refractivity (Wildman–Crippen MR) is 85.3 cm³/mol. The number of ether oxygens (including phenoxy) is 1. The van der Waals surface area contributed by atoms with Crippen LogP contribution in [0.15, 0.2) is 6.33 Å². The molecule has 138 valence electrons. The molecule has 1 amide bonds. The van der Waals surface area contributed by atoms with Crippen molar-refractivity contribution in [2.24, 2.45) is 11.8 Å². The summed E-state index contributed by atoms with van der Waals surface area (Å²) in [4.78, 5) is 18.6. The lowest BCUT2D eigenvalue weighted by Crippen LogP contribution is -2.49. The first kappa shape index (κ1) is 16.7. The minimum absolute atomic E-state index is 0.0463. The maximum atomic E-state index is 13.4. The van der Waals surface area contributed by atoms with Crippen LogP contribution in [0.5, 0.6) is 0 Å². The van der Waals surface area contributed by atoms with Crippen LogP contribution in [0.3, 0.4) is 0 Å². The number of nitrogens with one attached hydrogen (secondary N) is 1. The van der Waals surface area contributed by atoms with Crippen molar-refractivity contribution in [3.63, 3.8) is 0 Å². The Bertz CT molecular complexity index is 619. The van der Waals surface area contributed by atoms with Crippen LogP contribution in [-0.2, 0) is 9.53 Å². The molecule has 1 N–H and O–H groups in total. The Hall–Kier alpha value is -1.77. The van der Waals surface area contributed by atoms with E-state index in [0.29, 0.717) is 32.1 Å². The highest BCUT2D eigenvalue weighted by molar-refractivity contribution is 5.79. The number of hydrogen-bond acceptors (Lipinski definition) is 5. The Morgan fingerprint density at radius 2 is 2.28 bits per heavy atom. The molecule has 0 aromatic carbocycles. The Balaban J connectivity index is 1.45. The van der Waals surface area contributed by atoms with E-state index in [9.17, 15) is 13.6 Å². The monoisotopic (exact) mass is 355 g/mol. The number of carbonyl (C=O) groups excluding carboxylic acids is 1. The van der Waals surface area contributed by atoms with Crippen LogP contribution >= 0.6 is 0 Å². The number of rotatable bonds is 3. The fourth-order valence-electron chi connectivity index (χ4n) is 4.23. The second kappa shape index (κ2) is 6.86. The Morgan fingerprint density at radius 1 is 1.40 bits per heavy atom. The number of amides is 1. The Labute approximate surface area is 144 Å². The van der Waals surface area contributed by atoms with Crippen molar-refractivity contribution in [1.29, 1.82) is 0 Å². The van der Waals surface area contributed by atoms with Crippen LogP contribution in [0.1, 0.15) is 31.7 Å². The number of halogens is 2. The number of aromatic nitrogens is 3. The molecule has 7 nitrogen and oxygen atoms in total. The molecule has 0 radical (unpaired) electrons. The van der Waals surface area contributed by atoms with Crippen molar-refractivity contribution < 1.29 is 18.3 Å². The summed E-state index contributed by atoms with van der Waals surface area (Å²) in [5.74, 6) is 0.641. The summed E-state index contributed by atoms with van der Waals surface area (Å²) in [6.07, 6.45) is 1.71. The quantitative estimate of drug-likeness (QED) is 0.891. The standard InChI is InChI=1S/C16H23F2N5O2/c17-14(18)13-6-12(21-16-19-9-20-23(13)16)10-2-1-4-22(7-10)15(24)11-3-5-25-8-11/h9-14H,1-8H2,(H,19,20,21)/t10-,11-,12+,13-/m1/s1. The summed E-state index contributed by atoms with van der Waals surface area (Å²) < 4.78 is 33.5. The van der Waals surface area contributed by atoms with E-state index in [4.69, 9.17) is 4.74 Å². The van der Waals surface area contributed by atoms with Crippen molar-refractivity contribution in [2.45, 2.75) is 44.2 Å². The van der Waals surface area contributed by atoms with Crippen molar-refractivity contribution in [3.05, 3.63) is 6.33 Å². The molecule has 4 atom stereocenters. The van der Waals surface area contributed by atoms with Crippen LogP contribution in [-0.4, -0.2) is 64.3 Å². The minimum atomic E-state index is -2.48. The van der Waals surface area contributed by atoms with Crippen molar-refractivity contribution in [3.8, 4) is 0 Å². The van der Waals surface area contributed by atoms with Crippen LogP contribution in [0.4, 0.5) is 14.7 Å². The van der Waals surface area contributed by atoms with E-state index in [1.165, 1.54) is 11.0 Å². The van der Waals surface area contributed by atoms with E-state index in [-0.39, 0.29) is 23.8 Å². The molecule has 4 rings (SSSR count). The van der Waals surface area contributed by atoms with E-state index >= 15 is 0 Å². The first-order valence-corrected chi connectivity index (χ1v) is 8.94. The second-order valence-electron chi connectivity index (χ2n) is 7.16. The van der Waals surface area contributed by atoms with E-state index < -0.39 is 12.5 Å².